The fourth-order valence-electron chi connectivity index (χ4n) is 2.57. The predicted octanol–water partition coefficient (Wildman–Crippen LogP) is 1.59. The molecule has 0 spiro atoms. The molecule has 0 radical (unpaired) electrons. The van der Waals surface area contributed by atoms with Crippen molar-refractivity contribution in [3.63, 3.8) is 0 Å². The standard InChI is InChI=1S/C17H26N2O5S2/c1-3-23-10-4-7-18-26(21,22)14-5-6-16(25-2)15(13-14)17(20)19-8-11-24-12-9-19/h5-6,13,18H,3-4,7-12H2,1-2H3. The highest BCUT2D eigenvalue weighted by molar-refractivity contribution is 7.98. The van der Waals surface area contributed by atoms with E-state index in [1.165, 1.54) is 23.9 Å². The number of nitrogens with one attached hydrogen (secondary N) is 1. The van der Waals surface area contributed by atoms with Crippen LogP contribution in [0.4, 0.5) is 0 Å². The first-order valence-electron chi connectivity index (χ1n) is 8.62. The molecule has 9 heteroatoms. The number of hydrogen-bond acceptors (Lipinski definition) is 6. The van der Waals surface area contributed by atoms with Gasteiger partial charge in [-0.15, -0.1) is 11.8 Å². The van der Waals surface area contributed by atoms with Gasteiger partial charge in [0.15, 0.2) is 0 Å². The number of morpholine rings is 1. The number of sulfonamides is 1. The highest BCUT2D eigenvalue weighted by Crippen LogP contribution is 2.25. The summed E-state index contributed by atoms with van der Waals surface area (Å²) >= 11 is 1.42. The van der Waals surface area contributed by atoms with Crippen LogP contribution >= 0.6 is 11.8 Å². The van der Waals surface area contributed by atoms with Crippen molar-refractivity contribution in [1.82, 2.24) is 9.62 Å². The van der Waals surface area contributed by atoms with Gasteiger partial charge >= 0.3 is 0 Å². The van der Waals surface area contributed by atoms with Crippen LogP contribution in [0.3, 0.4) is 0 Å². The number of nitrogens with zero attached hydrogens (tertiary/aromatic N) is 1. The minimum Gasteiger partial charge on any atom is -0.382 e. The number of rotatable bonds is 9. The molecule has 1 aliphatic heterocycles. The average Bonchev–Trinajstić information content (AvgIpc) is 2.67. The monoisotopic (exact) mass is 402 g/mol. The quantitative estimate of drug-likeness (QED) is 0.499. The van der Waals surface area contributed by atoms with Crippen molar-refractivity contribution in [1.29, 1.82) is 0 Å². The molecule has 0 aliphatic carbocycles. The van der Waals surface area contributed by atoms with Crippen LogP contribution in [0.5, 0.6) is 0 Å². The predicted molar refractivity (Wildman–Crippen MR) is 101 cm³/mol. The second-order valence-electron chi connectivity index (χ2n) is 5.71. The first-order valence-corrected chi connectivity index (χ1v) is 11.3. The van der Waals surface area contributed by atoms with Gasteiger partial charge in [-0.2, -0.15) is 0 Å². The SMILES string of the molecule is CCOCCCNS(=O)(=O)c1ccc(SC)c(C(=O)N2CCOCC2)c1. The highest BCUT2D eigenvalue weighted by atomic mass is 32.2. The summed E-state index contributed by atoms with van der Waals surface area (Å²) in [5.41, 5.74) is 0.414. The number of ether oxygens (including phenoxy) is 2. The molecular weight excluding hydrogens is 376 g/mol. The highest BCUT2D eigenvalue weighted by Gasteiger charge is 2.23. The van der Waals surface area contributed by atoms with Crippen LogP contribution in [0.15, 0.2) is 28.0 Å². The van der Waals surface area contributed by atoms with Gasteiger partial charge in [-0.25, -0.2) is 13.1 Å². The van der Waals surface area contributed by atoms with Crippen LogP contribution in [0.25, 0.3) is 0 Å². The Labute approximate surface area is 159 Å². The van der Waals surface area contributed by atoms with Crippen LogP contribution < -0.4 is 4.72 Å². The lowest BCUT2D eigenvalue weighted by molar-refractivity contribution is 0.0300. The van der Waals surface area contributed by atoms with Crippen LogP contribution in [-0.4, -0.2) is 71.5 Å². The Bertz CT molecular complexity index is 703. The van der Waals surface area contributed by atoms with Crippen LogP contribution in [0.2, 0.25) is 0 Å². The maximum Gasteiger partial charge on any atom is 0.255 e. The van der Waals surface area contributed by atoms with E-state index in [9.17, 15) is 13.2 Å². The molecule has 7 nitrogen and oxygen atoms in total. The first kappa shape index (κ1) is 21.2. The zero-order valence-corrected chi connectivity index (χ0v) is 16.8. The molecular formula is C17H26N2O5S2. The molecule has 0 saturated carbocycles. The molecule has 146 valence electrons. The zero-order chi connectivity index (χ0) is 19.0. The molecule has 0 atom stereocenters. The molecule has 1 heterocycles. The van der Waals surface area contributed by atoms with E-state index < -0.39 is 10.0 Å². The molecule has 1 saturated heterocycles. The smallest absolute Gasteiger partial charge is 0.255 e. The Kier molecular flexibility index (Phi) is 8.36. The number of benzene rings is 1. The van der Waals surface area contributed by atoms with Gasteiger partial charge in [0.1, 0.15) is 0 Å². The third-order valence-corrected chi connectivity index (χ3v) is 6.23. The second-order valence-corrected chi connectivity index (χ2v) is 8.33. The van der Waals surface area contributed by atoms with E-state index >= 15 is 0 Å². The number of carbonyl (C=O) groups is 1. The first-order chi connectivity index (χ1) is 12.5. The molecule has 1 amide bonds. The lowest BCUT2D eigenvalue weighted by atomic mass is 10.2. The van der Waals surface area contributed by atoms with E-state index in [1.807, 2.05) is 13.2 Å². The number of thioether (sulfide) groups is 1. The van der Waals surface area contributed by atoms with Crippen LogP contribution in [0.1, 0.15) is 23.7 Å². The number of amides is 1. The summed E-state index contributed by atoms with van der Waals surface area (Å²) < 4.78 is 38.1. The summed E-state index contributed by atoms with van der Waals surface area (Å²) in [5, 5.41) is 0. The molecule has 1 aromatic carbocycles. The van der Waals surface area contributed by atoms with E-state index in [-0.39, 0.29) is 10.8 Å². The summed E-state index contributed by atoms with van der Waals surface area (Å²) in [5.74, 6) is -0.161. The Morgan fingerprint density at radius 1 is 1.35 bits per heavy atom. The van der Waals surface area contributed by atoms with Crippen molar-refractivity contribution < 1.29 is 22.7 Å². The van der Waals surface area contributed by atoms with Crippen molar-refractivity contribution in [3.05, 3.63) is 23.8 Å². The molecule has 1 aromatic rings. The lowest BCUT2D eigenvalue weighted by Crippen LogP contribution is -2.41. The van der Waals surface area contributed by atoms with Gasteiger partial charge in [0.25, 0.3) is 5.91 Å². The third kappa shape index (κ3) is 5.68. The minimum absolute atomic E-state index is 0.100. The van der Waals surface area contributed by atoms with E-state index in [0.717, 1.165) is 4.90 Å². The van der Waals surface area contributed by atoms with Gasteiger partial charge in [-0.05, 0) is 37.8 Å². The summed E-state index contributed by atoms with van der Waals surface area (Å²) in [6, 6.07) is 4.69. The molecule has 0 unspecified atom stereocenters. The topological polar surface area (TPSA) is 84.9 Å². The van der Waals surface area contributed by atoms with Crippen molar-refractivity contribution >= 4 is 27.7 Å². The minimum atomic E-state index is -3.67. The van der Waals surface area contributed by atoms with E-state index in [0.29, 0.717) is 58.0 Å². The summed E-state index contributed by atoms with van der Waals surface area (Å²) in [7, 11) is -3.67. The lowest BCUT2D eigenvalue weighted by Gasteiger charge is -2.27. The molecule has 2 rings (SSSR count). The number of carbonyl (C=O) groups excluding carboxylic acids is 1. The van der Waals surface area contributed by atoms with Crippen molar-refractivity contribution in [2.45, 2.75) is 23.1 Å². The van der Waals surface area contributed by atoms with Gasteiger partial charge in [-0.1, -0.05) is 0 Å². The summed E-state index contributed by atoms with van der Waals surface area (Å²) in [4.78, 5) is 15.4. The van der Waals surface area contributed by atoms with Crippen molar-refractivity contribution in [2.24, 2.45) is 0 Å². The molecule has 26 heavy (non-hydrogen) atoms. The summed E-state index contributed by atoms with van der Waals surface area (Å²) in [6.45, 7) is 5.32. The van der Waals surface area contributed by atoms with Gasteiger partial charge in [-0.3, -0.25) is 4.79 Å². The van der Waals surface area contributed by atoms with E-state index in [1.54, 1.807) is 11.0 Å². The molecule has 0 aromatic heterocycles. The van der Waals surface area contributed by atoms with Crippen molar-refractivity contribution in [2.75, 3.05) is 52.3 Å². The largest absolute Gasteiger partial charge is 0.382 e. The fraction of sp³-hybridized carbons (Fsp3) is 0.588. The van der Waals surface area contributed by atoms with E-state index in [4.69, 9.17) is 9.47 Å². The van der Waals surface area contributed by atoms with Gasteiger partial charge in [0.2, 0.25) is 10.0 Å². The average molecular weight is 403 g/mol. The summed E-state index contributed by atoms with van der Waals surface area (Å²) in [6.07, 6.45) is 2.46. The normalized spacial score (nSPS) is 15.2. The van der Waals surface area contributed by atoms with Gasteiger partial charge < -0.3 is 14.4 Å². The maximum absolute atomic E-state index is 12.8. The fourth-order valence-corrected chi connectivity index (χ4v) is 4.24. The van der Waals surface area contributed by atoms with E-state index in [2.05, 4.69) is 4.72 Å². The van der Waals surface area contributed by atoms with Crippen molar-refractivity contribution in [3.8, 4) is 0 Å². The second kappa shape index (κ2) is 10.3. The Hall–Kier alpha value is -1.13. The maximum atomic E-state index is 12.8. The molecule has 0 bridgehead atoms. The molecule has 1 fully saturated rings. The third-order valence-electron chi connectivity index (χ3n) is 3.97. The van der Waals surface area contributed by atoms with Crippen LogP contribution in [0, 0.1) is 0 Å². The zero-order valence-electron chi connectivity index (χ0n) is 15.2. The Morgan fingerprint density at radius 3 is 2.73 bits per heavy atom. The molecule has 1 N–H and O–H groups in total. The Balaban J connectivity index is 2.15. The number of hydrogen-bond donors (Lipinski definition) is 1. The Morgan fingerprint density at radius 2 is 2.08 bits per heavy atom. The van der Waals surface area contributed by atoms with Gasteiger partial charge in [0, 0.05) is 37.7 Å². The molecule has 1 aliphatic rings. The van der Waals surface area contributed by atoms with Crippen LogP contribution in [-0.2, 0) is 19.5 Å². The van der Waals surface area contributed by atoms with Gasteiger partial charge in [0.05, 0.1) is 23.7 Å².